The molecule has 6 aromatic rings. The zero-order chi connectivity index (χ0) is 38.9. The van der Waals surface area contributed by atoms with Crippen molar-refractivity contribution in [1.82, 2.24) is 19.5 Å². The van der Waals surface area contributed by atoms with Crippen LogP contribution in [-0.2, 0) is 37.4 Å². The predicted octanol–water partition coefficient (Wildman–Crippen LogP) is -6.40. The second-order valence-electron chi connectivity index (χ2n) is 11.6. The molecule has 4 N–H and O–H groups in total. The minimum atomic E-state index is -5.25. The summed E-state index contributed by atoms with van der Waals surface area (Å²) in [6.07, 6.45) is 0. The molecule has 0 unspecified atom stereocenters. The van der Waals surface area contributed by atoms with Gasteiger partial charge < -0.3 is 39.3 Å². The van der Waals surface area contributed by atoms with Gasteiger partial charge >= 0.3 is 94.7 Å². The molecular weight excluding hydrogens is 840 g/mol. The number of hydrogen-bond acceptors (Lipinski definition) is 18. The first-order chi connectivity index (χ1) is 25.3. The number of anilines is 6. The van der Waals surface area contributed by atoms with E-state index >= 15 is 0 Å². The molecule has 0 aliphatic heterocycles. The van der Waals surface area contributed by atoms with Crippen LogP contribution in [0.3, 0.4) is 0 Å². The van der Waals surface area contributed by atoms with E-state index in [0.29, 0.717) is 40.2 Å². The van der Waals surface area contributed by atoms with Gasteiger partial charge in [-0.3, -0.25) is 9.59 Å². The van der Waals surface area contributed by atoms with Crippen LogP contribution in [0, 0.1) is 0 Å². The molecule has 0 radical (unpaired) electrons. The number of rotatable bonds is 9. The van der Waals surface area contributed by atoms with E-state index in [4.69, 9.17) is 0 Å². The summed E-state index contributed by atoms with van der Waals surface area (Å²) >= 11 is 0. The molecule has 0 spiro atoms. The third-order valence-corrected chi connectivity index (χ3v) is 10.9. The van der Waals surface area contributed by atoms with Gasteiger partial charge in [-0.1, -0.05) is 24.3 Å². The van der Waals surface area contributed by atoms with Crippen molar-refractivity contribution >= 4 is 81.7 Å². The zero-order valence-electron chi connectivity index (χ0n) is 30.0. The number of nitrogens with one attached hydrogen (secondary N) is 3. The maximum absolute atomic E-state index is 14.0. The number of carbonyl (C=O) groups excluding carboxylic acids is 1. The van der Waals surface area contributed by atoms with Crippen molar-refractivity contribution in [3.05, 3.63) is 100 Å². The van der Waals surface area contributed by atoms with Gasteiger partial charge in [-0.25, -0.2) is 25.3 Å². The molecule has 0 amide bonds. The van der Waals surface area contributed by atoms with Crippen molar-refractivity contribution in [2.24, 2.45) is 7.05 Å². The molecule has 2 aromatic heterocycles. The Labute approximate surface area is 389 Å². The number of aromatic nitrogens is 4. The standard InChI is InChI=1S/C32H23N7O12S3.3Na/c1-39-23-9-8-20(28-27(23)19(14-26(39)40)17-4-2-3-5-18(17)29(28)41)34-21-12-15(6-10-24(21)53(46,47)48)33-30-36-31(38-32(42)37-30)35-22-13-16(52(43,44)45)7-11-25(22)54(49,50)51;;;/h2-14,34H,1H3,(H,43,44,45)(H,46,47,48)(H,49,50,51)(H3,33,35,36,37,38,42);;;/q;3*+1/p-3. The van der Waals surface area contributed by atoms with Gasteiger partial charge in [0.1, 0.15) is 30.4 Å². The number of carbonyl (C=O) groups is 1. The second-order valence-corrected chi connectivity index (χ2v) is 15.7. The van der Waals surface area contributed by atoms with E-state index in [1.165, 1.54) is 23.7 Å². The van der Waals surface area contributed by atoms with Crippen LogP contribution in [0.25, 0.3) is 22.0 Å². The number of benzene rings is 4. The average Bonchev–Trinajstić information content (AvgIpc) is 3.07. The number of fused-ring (bicyclic) bond motifs is 2. The summed E-state index contributed by atoms with van der Waals surface area (Å²) in [5, 5.41) is 18.4. The second kappa shape index (κ2) is 17.1. The van der Waals surface area contributed by atoms with E-state index in [-0.39, 0.29) is 122 Å². The molecule has 19 nitrogen and oxygen atoms in total. The normalized spacial score (nSPS) is 12.0. The zero-order valence-corrected chi connectivity index (χ0v) is 38.4. The molecule has 25 heteroatoms. The average molecular weight is 860 g/mol. The molecule has 4 aromatic carbocycles. The Morgan fingerprint density at radius 2 is 1.19 bits per heavy atom. The fourth-order valence-electron chi connectivity index (χ4n) is 5.93. The van der Waals surface area contributed by atoms with Crippen LogP contribution in [0.1, 0.15) is 15.9 Å². The van der Waals surface area contributed by atoms with Gasteiger partial charge in [0.25, 0.3) is 5.56 Å². The van der Waals surface area contributed by atoms with Gasteiger partial charge in [0.2, 0.25) is 11.9 Å². The molecule has 0 atom stereocenters. The number of pyridine rings is 1. The van der Waals surface area contributed by atoms with Crippen molar-refractivity contribution in [2.45, 2.75) is 14.7 Å². The SMILES string of the molecule is Cn1c(=O)cc2c3c(c(Nc4cc(Nc5nc(O)nc(Nc6cc(S(=O)(=O)[O-])ccc6S(=O)(=O)[O-])n5)ccc4S(=O)(=O)[O-])ccc31)C(=O)c1ccccc1-2.[Na+].[Na+].[Na+]. The van der Waals surface area contributed by atoms with Crippen molar-refractivity contribution < 1.29 is 137 Å². The minimum Gasteiger partial charge on any atom is -0.744 e. The molecule has 1 aliphatic rings. The van der Waals surface area contributed by atoms with Gasteiger partial charge in [0, 0.05) is 29.8 Å². The van der Waals surface area contributed by atoms with Crippen LogP contribution in [0.4, 0.5) is 34.6 Å². The maximum Gasteiger partial charge on any atom is 1.00 e. The molecule has 57 heavy (non-hydrogen) atoms. The van der Waals surface area contributed by atoms with Crippen LogP contribution < -0.4 is 110 Å². The van der Waals surface area contributed by atoms with E-state index in [2.05, 4.69) is 30.9 Å². The number of aryl methyl sites for hydroxylation is 1. The Balaban J connectivity index is 0.00000240. The Kier molecular flexibility index (Phi) is 13.9. The molecule has 0 saturated carbocycles. The Morgan fingerprint density at radius 3 is 1.81 bits per heavy atom. The van der Waals surface area contributed by atoms with Gasteiger partial charge in [-0.15, -0.1) is 0 Å². The molecular formula is C32H20N7Na3O12S3. The van der Waals surface area contributed by atoms with Gasteiger partial charge in [0.15, 0.2) is 5.78 Å². The number of aromatic hydroxyl groups is 1. The van der Waals surface area contributed by atoms with E-state index in [0.717, 1.165) is 18.2 Å². The van der Waals surface area contributed by atoms with Crippen molar-refractivity contribution in [3.63, 3.8) is 0 Å². The van der Waals surface area contributed by atoms with Crippen LogP contribution in [0.5, 0.6) is 6.01 Å². The molecule has 7 rings (SSSR count). The first-order valence-corrected chi connectivity index (χ1v) is 19.2. The Morgan fingerprint density at radius 1 is 0.614 bits per heavy atom. The van der Waals surface area contributed by atoms with Crippen molar-refractivity contribution in [3.8, 4) is 17.1 Å². The molecule has 2 heterocycles. The predicted molar refractivity (Wildman–Crippen MR) is 186 cm³/mol. The smallest absolute Gasteiger partial charge is 0.744 e. The van der Waals surface area contributed by atoms with Crippen LogP contribution in [0.15, 0.2) is 98.3 Å². The Hall–Kier alpha value is -3.30. The molecule has 276 valence electrons. The fraction of sp³-hybridized carbons (Fsp3) is 0.0312. The first-order valence-electron chi connectivity index (χ1n) is 15.0. The largest absolute Gasteiger partial charge is 1.00 e. The summed E-state index contributed by atoms with van der Waals surface area (Å²) in [5.41, 5.74) is 0.454. The Bertz CT molecular complexity index is 3040. The van der Waals surface area contributed by atoms with Crippen molar-refractivity contribution in [1.29, 1.82) is 0 Å². The quantitative estimate of drug-likeness (QED) is 0.0775. The first kappa shape index (κ1) is 46.4. The van der Waals surface area contributed by atoms with Gasteiger partial charge in [-0.2, -0.15) is 15.0 Å². The van der Waals surface area contributed by atoms with E-state index < -0.39 is 74.4 Å². The number of ketones is 1. The van der Waals surface area contributed by atoms with E-state index in [9.17, 15) is 53.6 Å². The molecule has 0 bridgehead atoms. The summed E-state index contributed by atoms with van der Waals surface area (Å²) < 4.78 is 109. The third kappa shape index (κ3) is 9.30. The third-order valence-electron chi connectivity index (χ3n) is 8.25. The van der Waals surface area contributed by atoms with E-state index in [1.807, 2.05) is 0 Å². The minimum absolute atomic E-state index is 0. The summed E-state index contributed by atoms with van der Waals surface area (Å²) in [7, 11) is -14.0. The monoisotopic (exact) mass is 859 g/mol. The summed E-state index contributed by atoms with van der Waals surface area (Å²) in [5.74, 6) is -1.57. The number of hydrogen-bond donors (Lipinski definition) is 4. The van der Waals surface area contributed by atoms with Crippen molar-refractivity contribution in [2.75, 3.05) is 16.0 Å². The van der Waals surface area contributed by atoms with Crippen LogP contribution >= 0.6 is 0 Å². The van der Waals surface area contributed by atoms with Crippen LogP contribution in [0.2, 0.25) is 0 Å². The van der Waals surface area contributed by atoms with Crippen LogP contribution in [-0.4, -0.2) is 69.3 Å². The van der Waals surface area contributed by atoms with Gasteiger partial charge in [-0.05, 0) is 59.7 Å². The van der Waals surface area contributed by atoms with Gasteiger partial charge in [0.05, 0.1) is 42.8 Å². The molecule has 0 saturated heterocycles. The summed E-state index contributed by atoms with van der Waals surface area (Å²) in [6, 6.07) is 15.0. The maximum atomic E-state index is 14.0. The van der Waals surface area contributed by atoms with E-state index in [1.54, 1.807) is 30.3 Å². The fourth-order valence-corrected chi connectivity index (χ4v) is 7.66. The summed E-state index contributed by atoms with van der Waals surface area (Å²) in [6.45, 7) is 0. The number of nitrogens with zero attached hydrogens (tertiary/aromatic N) is 4. The molecule has 0 fully saturated rings. The topological polar surface area (TPSA) is 306 Å². The summed E-state index contributed by atoms with van der Waals surface area (Å²) in [4.78, 5) is 35.4. The molecule has 1 aliphatic carbocycles.